The summed E-state index contributed by atoms with van der Waals surface area (Å²) in [5.74, 6) is 1.21. The molecule has 2 heterocycles. The second-order valence-electron chi connectivity index (χ2n) is 3.55. The molecule has 0 amide bonds. The van der Waals surface area contributed by atoms with Crippen molar-refractivity contribution < 1.29 is 9.47 Å². The van der Waals surface area contributed by atoms with Gasteiger partial charge in [0.05, 0.1) is 25.4 Å². The molecule has 0 radical (unpaired) electrons. The van der Waals surface area contributed by atoms with Gasteiger partial charge in [0.2, 0.25) is 0 Å². The van der Waals surface area contributed by atoms with Crippen LogP contribution in [0.5, 0.6) is 0 Å². The Morgan fingerprint density at radius 2 is 1.30 bits per heavy atom. The van der Waals surface area contributed by atoms with E-state index in [2.05, 4.69) is 13.8 Å². The molecular weight excluding hydrogens is 128 g/mol. The molecule has 2 aliphatic heterocycles. The van der Waals surface area contributed by atoms with E-state index in [4.69, 9.17) is 9.47 Å². The van der Waals surface area contributed by atoms with Crippen molar-refractivity contribution in [2.24, 2.45) is 11.8 Å². The maximum Gasteiger partial charge on any atom is 0.0887 e. The normalized spacial score (nSPS) is 53.4. The van der Waals surface area contributed by atoms with Crippen LogP contribution >= 0.6 is 0 Å². The summed E-state index contributed by atoms with van der Waals surface area (Å²) in [7, 11) is 0. The van der Waals surface area contributed by atoms with Crippen molar-refractivity contribution in [2.75, 3.05) is 13.2 Å². The van der Waals surface area contributed by atoms with E-state index in [0.29, 0.717) is 24.0 Å². The molecule has 2 saturated heterocycles. The summed E-state index contributed by atoms with van der Waals surface area (Å²) in [5.41, 5.74) is 0. The molecule has 2 heteroatoms. The van der Waals surface area contributed by atoms with Gasteiger partial charge in [-0.2, -0.15) is 0 Å². The molecule has 0 aliphatic carbocycles. The van der Waals surface area contributed by atoms with E-state index in [9.17, 15) is 0 Å². The first-order valence-corrected chi connectivity index (χ1v) is 4.02. The second-order valence-corrected chi connectivity index (χ2v) is 3.55. The van der Waals surface area contributed by atoms with Gasteiger partial charge in [0.15, 0.2) is 0 Å². The minimum atomic E-state index is 0.398. The van der Waals surface area contributed by atoms with Crippen molar-refractivity contribution in [1.29, 1.82) is 0 Å². The molecule has 2 fully saturated rings. The number of ether oxygens (including phenoxy) is 2. The predicted molar refractivity (Wildman–Crippen MR) is 37.8 cm³/mol. The summed E-state index contributed by atoms with van der Waals surface area (Å²) in [6.07, 6.45) is 0.796. The van der Waals surface area contributed by atoms with E-state index in [0.717, 1.165) is 13.2 Å². The molecule has 0 aromatic heterocycles. The molecule has 0 spiro atoms. The van der Waals surface area contributed by atoms with Crippen LogP contribution in [0, 0.1) is 11.8 Å². The lowest BCUT2D eigenvalue weighted by molar-refractivity contribution is 0.0627. The van der Waals surface area contributed by atoms with E-state index in [1.807, 2.05) is 0 Å². The monoisotopic (exact) mass is 142 g/mol. The van der Waals surface area contributed by atoms with E-state index >= 15 is 0 Å². The molecule has 0 bridgehead atoms. The zero-order valence-corrected chi connectivity index (χ0v) is 6.54. The maximum atomic E-state index is 5.58. The fourth-order valence-corrected chi connectivity index (χ4v) is 1.88. The minimum absolute atomic E-state index is 0.398. The molecule has 58 valence electrons. The van der Waals surface area contributed by atoms with E-state index in [-0.39, 0.29) is 0 Å². The summed E-state index contributed by atoms with van der Waals surface area (Å²) in [5, 5.41) is 0. The third kappa shape index (κ3) is 0.789. The molecule has 10 heavy (non-hydrogen) atoms. The van der Waals surface area contributed by atoms with Crippen molar-refractivity contribution in [1.82, 2.24) is 0 Å². The molecule has 0 saturated carbocycles. The van der Waals surface area contributed by atoms with Crippen molar-refractivity contribution in [3.8, 4) is 0 Å². The fourth-order valence-electron chi connectivity index (χ4n) is 1.88. The largest absolute Gasteiger partial charge is 0.375 e. The highest BCUT2D eigenvalue weighted by molar-refractivity contribution is 4.90. The third-order valence-electron chi connectivity index (χ3n) is 2.55. The average Bonchev–Trinajstić information content (AvgIpc) is 2.41. The highest BCUT2D eigenvalue weighted by atomic mass is 16.6. The SMILES string of the molecule is C[C@@H]1COC2C1OC[C@@H]2C. The Morgan fingerprint density at radius 3 is 1.70 bits per heavy atom. The van der Waals surface area contributed by atoms with Gasteiger partial charge in [0, 0.05) is 11.8 Å². The van der Waals surface area contributed by atoms with Crippen molar-refractivity contribution in [3.05, 3.63) is 0 Å². The Hall–Kier alpha value is -0.0800. The predicted octanol–water partition coefficient (Wildman–Crippen LogP) is 1.06. The summed E-state index contributed by atoms with van der Waals surface area (Å²) >= 11 is 0. The molecule has 2 unspecified atom stereocenters. The van der Waals surface area contributed by atoms with Crippen molar-refractivity contribution >= 4 is 0 Å². The quantitative estimate of drug-likeness (QED) is 0.503. The summed E-state index contributed by atoms with van der Waals surface area (Å²) in [6, 6.07) is 0. The van der Waals surface area contributed by atoms with Crippen LogP contribution in [0.4, 0.5) is 0 Å². The lowest BCUT2D eigenvalue weighted by atomic mass is 9.99. The Morgan fingerprint density at radius 1 is 0.900 bits per heavy atom. The smallest absolute Gasteiger partial charge is 0.0887 e. The summed E-state index contributed by atoms with van der Waals surface area (Å²) in [6.45, 7) is 6.17. The third-order valence-corrected chi connectivity index (χ3v) is 2.55. The van der Waals surface area contributed by atoms with Gasteiger partial charge < -0.3 is 9.47 Å². The minimum Gasteiger partial charge on any atom is -0.375 e. The number of hydrogen-bond donors (Lipinski definition) is 0. The summed E-state index contributed by atoms with van der Waals surface area (Å²) < 4.78 is 11.2. The van der Waals surface area contributed by atoms with Crippen LogP contribution in [-0.2, 0) is 9.47 Å². The molecule has 0 aromatic carbocycles. The maximum absolute atomic E-state index is 5.58. The molecule has 0 aromatic rings. The zero-order chi connectivity index (χ0) is 7.14. The molecule has 2 rings (SSSR count). The van der Waals surface area contributed by atoms with Crippen molar-refractivity contribution in [3.63, 3.8) is 0 Å². The Labute approximate surface area is 61.5 Å². The molecule has 2 nitrogen and oxygen atoms in total. The van der Waals surface area contributed by atoms with Gasteiger partial charge in [-0.1, -0.05) is 13.8 Å². The van der Waals surface area contributed by atoms with Gasteiger partial charge in [-0.3, -0.25) is 0 Å². The van der Waals surface area contributed by atoms with Crippen LogP contribution in [0.3, 0.4) is 0 Å². The van der Waals surface area contributed by atoms with Crippen molar-refractivity contribution in [2.45, 2.75) is 26.1 Å². The lowest BCUT2D eigenvalue weighted by Crippen LogP contribution is -2.23. The first-order valence-electron chi connectivity index (χ1n) is 4.02. The number of fused-ring (bicyclic) bond motifs is 1. The van der Waals surface area contributed by atoms with E-state index < -0.39 is 0 Å². The van der Waals surface area contributed by atoms with Crippen LogP contribution < -0.4 is 0 Å². The molecule has 0 N–H and O–H groups in total. The van der Waals surface area contributed by atoms with Crippen LogP contribution in [0.1, 0.15) is 13.8 Å². The fraction of sp³-hybridized carbons (Fsp3) is 1.00. The van der Waals surface area contributed by atoms with Crippen LogP contribution in [-0.4, -0.2) is 25.4 Å². The zero-order valence-electron chi connectivity index (χ0n) is 6.54. The lowest BCUT2D eigenvalue weighted by Gasteiger charge is -2.10. The van der Waals surface area contributed by atoms with E-state index in [1.54, 1.807) is 0 Å². The standard InChI is InChI=1S/C8H14O2/c1-5-3-9-8-6(2)4-10-7(5)8/h5-8H,3-4H2,1-2H3/t5-,6+,7?,8?. The van der Waals surface area contributed by atoms with Gasteiger partial charge >= 0.3 is 0 Å². The topological polar surface area (TPSA) is 18.5 Å². The van der Waals surface area contributed by atoms with Gasteiger partial charge in [0.1, 0.15) is 0 Å². The first kappa shape index (κ1) is 6.62. The Balaban J connectivity index is 2.09. The van der Waals surface area contributed by atoms with Crippen LogP contribution in [0.2, 0.25) is 0 Å². The van der Waals surface area contributed by atoms with Gasteiger partial charge in [-0.15, -0.1) is 0 Å². The van der Waals surface area contributed by atoms with Gasteiger partial charge in [-0.25, -0.2) is 0 Å². The second kappa shape index (κ2) is 2.21. The summed E-state index contributed by atoms with van der Waals surface area (Å²) in [4.78, 5) is 0. The molecule has 2 aliphatic rings. The molecule has 4 atom stereocenters. The van der Waals surface area contributed by atoms with Crippen LogP contribution in [0.25, 0.3) is 0 Å². The number of hydrogen-bond acceptors (Lipinski definition) is 2. The highest BCUT2D eigenvalue weighted by Crippen LogP contribution is 2.33. The first-order chi connectivity index (χ1) is 4.79. The average molecular weight is 142 g/mol. The number of rotatable bonds is 0. The van der Waals surface area contributed by atoms with Gasteiger partial charge in [-0.05, 0) is 0 Å². The van der Waals surface area contributed by atoms with Gasteiger partial charge in [0.25, 0.3) is 0 Å². The highest BCUT2D eigenvalue weighted by Gasteiger charge is 2.43. The Bertz CT molecular complexity index is 119. The Kier molecular flexibility index (Phi) is 1.46. The molecular formula is C8H14O2. The van der Waals surface area contributed by atoms with Crippen LogP contribution in [0.15, 0.2) is 0 Å². The van der Waals surface area contributed by atoms with E-state index in [1.165, 1.54) is 0 Å².